The Morgan fingerprint density at radius 1 is 1.21 bits per heavy atom. The number of rotatable bonds is 8. The predicted molar refractivity (Wildman–Crippen MR) is 110 cm³/mol. The van der Waals surface area contributed by atoms with Crippen molar-refractivity contribution in [3.63, 3.8) is 0 Å². The van der Waals surface area contributed by atoms with Crippen molar-refractivity contribution in [1.29, 1.82) is 0 Å². The molecule has 0 fully saturated rings. The topological polar surface area (TPSA) is 108 Å². The standard InChI is InChI=1S/C21H33N3O5/c1-7-10-14(2)23-19(27)18(15-11-8-9-12-16(15)25)24(6)17(26)13-22-20(28)29-21(3,4)5/h8-9,11-12,14,18,25H,7,10,13H2,1-6H3,(H,22,28)(H,23,27). The van der Waals surface area contributed by atoms with Crippen molar-refractivity contribution < 1.29 is 24.2 Å². The highest BCUT2D eigenvalue weighted by Crippen LogP contribution is 2.28. The van der Waals surface area contributed by atoms with Gasteiger partial charge in [-0.1, -0.05) is 31.5 Å². The van der Waals surface area contributed by atoms with Crippen molar-refractivity contribution in [1.82, 2.24) is 15.5 Å². The molecule has 1 aromatic carbocycles. The number of nitrogens with zero attached hydrogens (tertiary/aromatic N) is 1. The second-order valence-electron chi connectivity index (χ2n) is 8.02. The zero-order chi connectivity index (χ0) is 22.2. The van der Waals surface area contributed by atoms with E-state index in [0.717, 1.165) is 12.8 Å². The lowest BCUT2D eigenvalue weighted by atomic mass is 10.0. The molecule has 3 N–H and O–H groups in total. The molecule has 1 rings (SSSR count). The lowest BCUT2D eigenvalue weighted by Gasteiger charge is -2.29. The van der Waals surface area contributed by atoms with E-state index in [1.807, 2.05) is 13.8 Å². The monoisotopic (exact) mass is 407 g/mol. The van der Waals surface area contributed by atoms with E-state index in [1.54, 1.807) is 39.0 Å². The molecule has 0 aliphatic rings. The Labute approximate surface area is 172 Å². The van der Waals surface area contributed by atoms with Crippen LogP contribution in [-0.2, 0) is 14.3 Å². The molecule has 0 aliphatic heterocycles. The highest BCUT2D eigenvalue weighted by Gasteiger charge is 2.31. The summed E-state index contributed by atoms with van der Waals surface area (Å²) < 4.78 is 5.12. The number of para-hydroxylation sites is 1. The van der Waals surface area contributed by atoms with Gasteiger partial charge in [-0.05, 0) is 40.2 Å². The zero-order valence-corrected chi connectivity index (χ0v) is 18.1. The van der Waals surface area contributed by atoms with Crippen LogP contribution < -0.4 is 10.6 Å². The third-order valence-corrected chi connectivity index (χ3v) is 4.15. The third-order valence-electron chi connectivity index (χ3n) is 4.15. The smallest absolute Gasteiger partial charge is 0.408 e. The Morgan fingerprint density at radius 3 is 2.38 bits per heavy atom. The molecule has 29 heavy (non-hydrogen) atoms. The van der Waals surface area contributed by atoms with Crippen molar-refractivity contribution in [2.24, 2.45) is 0 Å². The number of hydrogen-bond donors (Lipinski definition) is 3. The van der Waals surface area contributed by atoms with E-state index in [1.165, 1.54) is 18.0 Å². The molecule has 8 heteroatoms. The maximum absolute atomic E-state index is 12.9. The van der Waals surface area contributed by atoms with Gasteiger partial charge in [-0.25, -0.2) is 4.79 Å². The molecular formula is C21H33N3O5. The van der Waals surface area contributed by atoms with Gasteiger partial charge in [-0.3, -0.25) is 9.59 Å². The van der Waals surface area contributed by atoms with E-state index < -0.39 is 29.6 Å². The third kappa shape index (κ3) is 8.01. The van der Waals surface area contributed by atoms with Crippen molar-refractivity contribution in [2.45, 2.75) is 65.1 Å². The molecule has 0 aliphatic carbocycles. The van der Waals surface area contributed by atoms with E-state index in [-0.39, 0.29) is 18.3 Å². The van der Waals surface area contributed by atoms with Gasteiger partial charge >= 0.3 is 6.09 Å². The minimum Gasteiger partial charge on any atom is -0.508 e. The Kier molecular flexibility index (Phi) is 8.94. The highest BCUT2D eigenvalue weighted by atomic mass is 16.6. The van der Waals surface area contributed by atoms with E-state index in [4.69, 9.17) is 4.74 Å². The molecule has 2 unspecified atom stereocenters. The van der Waals surface area contributed by atoms with Gasteiger partial charge in [0.2, 0.25) is 11.8 Å². The number of carbonyl (C=O) groups is 3. The highest BCUT2D eigenvalue weighted by molar-refractivity contribution is 5.90. The first-order valence-electron chi connectivity index (χ1n) is 9.77. The molecule has 0 heterocycles. The van der Waals surface area contributed by atoms with E-state index >= 15 is 0 Å². The van der Waals surface area contributed by atoms with Gasteiger partial charge in [0.05, 0.1) is 0 Å². The molecule has 0 radical (unpaired) electrons. The van der Waals surface area contributed by atoms with E-state index in [2.05, 4.69) is 10.6 Å². The summed E-state index contributed by atoms with van der Waals surface area (Å²) in [5, 5.41) is 15.5. The molecular weight excluding hydrogens is 374 g/mol. The van der Waals surface area contributed by atoms with Crippen LogP contribution in [0, 0.1) is 0 Å². The fourth-order valence-electron chi connectivity index (χ4n) is 2.80. The van der Waals surface area contributed by atoms with Crippen molar-refractivity contribution in [3.8, 4) is 5.75 Å². The van der Waals surface area contributed by atoms with Crippen molar-refractivity contribution >= 4 is 17.9 Å². The van der Waals surface area contributed by atoms with Crippen LogP contribution in [0.5, 0.6) is 5.75 Å². The van der Waals surface area contributed by atoms with Crippen LogP contribution in [0.25, 0.3) is 0 Å². The summed E-state index contributed by atoms with van der Waals surface area (Å²) in [7, 11) is 1.46. The molecule has 0 bridgehead atoms. The van der Waals surface area contributed by atoms with Gasteiger partial charge in [0.1, 0.15) is 23.9 Å². The molecule has 8 nitrogen and oxygen atoms in total. The van der Waals surface area contributed by atoms with Crippen LogP contribution in [0.2, 0.25) is 0 Å². The number of phenols is 1. The lowest BCUT2D eigenvalue weighted by Crippen LogP contribution is -2.47. The van der Waals surface area contributed by atoms with E-state index in [9.17, 15) is 19.5 Å². The predicted octanol–water partition coefficient (Wildman–Crippen LogP) is 2.72. The van der Waals surface area contributed by atoms with Crippen LogP contribution >= 0.6 is 0 Å². The largest absolute Gasteiger partial charge is 0.508 e. The van der Waals surface area contributed by atoms with Crippen LogP contribution in [0.15, 0.2) is 24.3 Å². The van der Waals surface area contributed by atoms with Gasteiger partial charge in [-0.15, -0.1) is 0 Å². The first kappa shape index (κ1) is 24.3. The number of amides is 3. The van der Waals surface area contributed by atoms with E-state index in [0.29, 0.717) is 5.56 Å². The fraction of sp³-hybridized carbons (Fsp3) is 0.571. The zero-order valence-electron chi connectivity index (χ0n) is 18.1. The van der Waals surface area contributed by atoms with Gasteiger partial charge in [0.25, 0.3) is 0 Å². The van der Waals surface area contributed by atoms with Crippen LogP contribution in [0.4, 0.5) is 4.79 Å². The maximum atomic E-state index is 12.9. The van der Waals surface area contributed by atoms with Crippen LogP contribution in [0.3, 0.4) is 0 Å². The Bertz CT molecular complexity index is 715. The number of benzene rings is 1. The number of phenolic OH excluding ortho intramolecular Hbond substituents is 1. The normalized spacial score (nSPS) is 13.2. The van der Waals surface area contributed by atoms with Crippen molar-refractivity contribution in [3.05, 3.63) is 29.8 Å². The number of nitrogens with one attached hydrogen (secondary N) is 2. The number of aromatic hydroxyl groups is 1. The van der Waals surface area contributed by atoms with Gasteiger partial charge in [-0.2, -0.15) is 0 Å². The first-order chi connectivity index (χ1) is 13.5. The second-order valence-corrected chi connectivity index (χ2v) is 8.02. The SMILES string of the molecule is CCCC(C)NC(=O)C(c1ccccc1O)N(C)C(=O)CNC(=O)OC(C)(C)C. The average molecular weight is 408 g/mol. The minimum absolute atomic E-state index is 0.0794. The molecule has 0 saturated heterocycles. The molecule has 3 amide bonds. The van der Waals surface area contributed by atoms with Gasteiger partial charge < -0.3 is 25.4 Å². The Balaban J connectivity index is 2.97. The summed E-state index contributed by atoms with van der Waals surface area (Å²) in [6.45, 7) is 8.72. The average Bonchev–Trinajstić information content (AvgIpc) is 2.60. The number of hydrogen-bond acceptors (Lipinski definition) is 5. The maximum Gasteiger partial charge on any atom is 0.408 e. The van der Waals surface area contributed by atoms with Gasteiger partial charge in [0, 0.05) is 18.7 Å². The fourth-order valence-corrected chi connectivity index (χ4v) is 2.80. The molecule has 2 atom stereocenters. The molecule has 1 aromatic rings. The summed E-state index contributed by atoms with van der Waals surface area (Å²) in [5.74, 6) is -0.987. The van der Waals surface area contributed by atoms with Crippen molar-refractivity contribution in [2.75, 3.05) is 13.6 Å². The summed E-state index contributed by atoms with van der Waals surface area (Å²) in [4.78, 5) is 38.6. The number of alkyl carbamates (subject to hydrolysis) is 1. The minimum atomic E-state index is -1.04. The number of likely N-dealkylation sites (N-methyl/N-ethyl adjacent to an activating group) is 1. The summed E-state index contributed by atoms with van der Waals surface area (Å²) >= 11 is 0. The van der Waals surface area contributed by atoms with Crippen LogP contribution in [0.1, 0.15) is 59.1 Å². The first-order valence-corrected chi connectivity index (χ1v) is 9.77. The summed E-state index contributed by atoms with van der Waals surface area (Å²) in [5.41, 5.74) is -0.381. The summed E-state index contributed by atoms with van der Waals surface area (Å²) in [6, 6.07) is 5.26. The van der Waals surface area contributed by atoms with Crippen LogP contribution in [-0.4, -0.2) is 53.1 Å². The van der Waals surface area contributed by atoms with Gasteiger partial charge in [0.15, 0.2) is 0 Å². The molecule has 0 saturated carbocycles. The number of carbonyl (C=O) groups excluding carboxylic acids is 3. The quantitative estimate of drug-likeness (QED) is 0.614. The summed E-state index contributed by atoms with van der Waals surface area (Å²) in [6.07, 6.45) is 0.966. The Hall–Kier alpha value is -2.77. The lowest BCUT2D eigenvalue weighted by molar-refractivity contribution is -0.139. The molecule has 162 valence electrons. The number of ether oxygens (including phenoxy) is 1. The Morgan fingerprint density at radius 2 is 1.83 bits per heavy atom. The second kappa shape index (κ2) is 10.7. The molecule has 0 spiro atoms. The molecule has 0 aromatic heterocycles.